The van der Waals surface area contributed by atoms with E-state index in [4.69, 9.17) is 5.73 Å². The average Bonchev–Trinajstić information content (AvgIpc) is 2.35. The molecule has 5 heteroatoms. The number of aromatic nitrogens is 1. The van der Waals surface area contributed by atoms with Crippen LogP contribution in [-0.2, 0) is 0 Å². The number of nitrogens with one attached hydrogen (secondary N) is 1. The highest BCUT2D eigenvalue weighted by molar-refractivity contribution is 5.95. The van der Waals surface area contributed by atoms with Crippen LogP contribution in [0.15, 0.2) is 12.1 Å². The van der Waals surface area contributed by atoms with Gasteiger partial charge in [-0.3, -0.25) is 4.79 Å². The summed E-state index contributed by atoms with van der Waals surface area (Å²) in [7, 11) is 3.99. The Morgan fingerprint density at radius 3 is 2.50 bits per heavy atom. The second-order valence-corrected chi connectivity index (χ2v) is 6.25. The monoisotopic (exact) mass is 278 g/mol. The van der Waals surface area contributed by atoms with E-state index in [-0.39, 0.29) is 17.4 Å². The summed E-state index contributed by atoms with van der Waals surface area (Å²) in [6.07, 6.45) is 0. The predicted octanol–water partition coefficient (Wildman–Crippen LogP) is 1.86. The van der Waals surface area contributed by atoms with Crippen molar-refractivity contribution in [1.29, 1.82) is 0 Å². The van der Waals surface area contributed by atoms with Crippen molar-refractivity contribution in [3.63, 3.8) is 0 Å². The lowest BCUT2D eigenvalue weighted by Gasteiger charge is -2.32. The normalized spacial score (nSPS) is 12.0. The zero-order chi connectivity index (χ0) is 15.5. The first-order chi connectivity index (χ1) is 9.13. The van der Waals surface area contributed by atoms with E-state index in [0.717, 1.165) is 5.69 Å². The van der Waals surface area contributed by atoms with Crippen molar-refractivity contribution in [2.75, 3.05) is 26.4 Å². The van der Waals surface area contributed by atoms with Crippen LogP contribution in [0.1, 0.15) is 49.7 Å². The number of rotatable bonds is 5. The van der Waals surface area contributed by atoms with E-state index >= 15 is 0 Å². The Balaban J connectivity index is 2.83. The Bertz CT molecular complexity index is 481. The molecule has 20 heavy (non-hydrogen) atoms. The highest BCUT2D eigenvalue weighted by Crippen LogP contribution is 2.16. The molecule has 0 unspecified atom stereocenters. The smallest absolute Gasteiger partial charge is 0.251 e. The van der Waals surface area contributed by atoms with Crippen LogP contribution in [0.25, 0.3) is 0 Å². The van der Waals surface area contributed by atoms with E-state index in [9.17, 15) is 4.79 Å². The van der Waals surface area contributed by atoms with Crippen LogP contribution in [0.2, 0.25) is 0 Å². The van der Waals surface area contributed by atoms with E-state index < -0.39 is 0 Å². The standard InChI is InChI=1S/C15H26N4O/c1-10(2)12-7-11(8-13(16)18-12)14(20)17-9-15(3,4)19(5)6/h7-8,10H,9H2,1-6H3,(H2,16,18)(H,17,20). The van der Waals surface area contributed by atoms with E-state index in [2.05, 4.69) is 29.0 Å². The van der Waals surface area contributed by atoms with Crippen molar-refractivity contribution in [2.45, 2.75) is 39.2 Å². The molecule has 0 aliphatic carbocycles. The summed E-state index contributed by atoms with van der Waals surface area (Å²) in [4.78, 5) is 18.5. The second kappa shape index (κ2) is 6.22. The van der Waals surface area contributed by atoms with Crippen LogP contribution in [0.5, 0.6) is 0 Å². The van der Waals surface area contributed by atoms with Gasteiger partial charge in [-0.15, -0.1) is 0 Å². The number of nitrogens with zero attached hydrogens (tertiary/aromatic N) is 2. The molecule has 0 fully saturated rings. The Morgan fingerprint density at radius 2 is 2.00 bits per heavy atom. The van der Waals surface area contributed by atoms with Gasteiger partial charge in [0.15, 0.2) is 0 Å². The van der Waals surface area contributed by atoms with Gasteiger partial charge in [0.1, 0.15) is 5.82 Å². The van der Waals surface area contributed by atoms with Gasteiger partial charge in [-0.25, -0.2) is 4.98 Å². The number of hydrogen-bond acceptors (Lipinski definition) is 4. The molecule has 0 radical (unpaired) electrons. The number of carbonyl (C=O) groups is 1. The minimum atomic E-state index is -0.115. The molecule has 3 N–H and O–H groups in total. The lowest BCUT2D eigenvalue weighted by atomic mass is 10.0. The molecule has 5 nitrogen and oxygen atoms in total. The van der Waals surface area contributed by atoms with Crippen LogP contribution in [-0.4, -0.2) is 42.0 Å². The number of amides is 1. The van der Waals surface area contributed by atoms with Crippen LogP contribution < -0.4 is 11.1 Å². The molecular weight excluding hydrogens is 252 g/mol. The third kappa shape index (κ3) is 4.20. The number of nitrogens with two attached hydrogens (primary N) is 1. The van der Waals surface area contributed by atoms with E-state index in [1.165, 1.54) is 0 Å². The first-order valence-electron chi connectivity index (χ1n) is 6.86. The maximum atomic E-state index is 12.2. The molecule has 0 aliphatic heterocycles. The van der Waals surface area contributed by atoms with Gasteiger partial charge >= 0.3 is 0 Å². The summed E-state index contributed by atoms with van der Waals surface area (Å²) in [5.41, 5.74) is 7.06. The number of hydrogen-bond donors (Lipinski definition) is 2. The largest absolute Gasteiger partial charge is 0.384 e. The van der Waals surface area contributed by atoms with Gasteiger partial charge in [0.05, 0.1) is 0 Å². The van der Waals surface area contributed by atoms with Gasteiger partial charge in [-0.2, -0.15) is 0 Å². The molecule has 0 bridgehead atoms. The topological polar surface area (TPSA) is 71.2 Å². The van der Waals surface area contributed by atoms with Crippen molar-refractivity contribution in [3.8, 4) is 0 Å². The lowest BCUT2D eigenvalue weighted by molar-refractivity contribution is 0.0919. The molecule has 0 aromatic carbocycles. The third-order valence-corrected chi connectivity index (χ3v) is 3.61. The Morgan fingerprint density at radius 1 is 1.40 bits per heavy atom. The molecule has 1 aromatic rings. The van der Waals surface area contributed by atoms with Gasteiger partial charge in [0, 0.05) is 23.3 Å². The Labute approximate surface area is 121 Å². The Hall–Kier alpha value is -1.62. The van der Waals surface area contributed by atoms with Crippen LogP contribution in [0, 0.1) is 0 Å². The summed E-state index contributed by atoms with van der Waals surface area (Å²) >= 11 is 0. The quantitative estimate of drug-likeness (QED) is 0.862. The fourth-order valence-electron chi connectivity index (χ4n) is 1.56. The van der Waals surface area contributed by atoms with Crippen LogP contribution in [0.4, 0.5) is 5.82 Å². The molecule has 0 saturated heterocycles. The summed E-state index contributed by atoms with van der Waals surface area (Å²) in [6.45, 7) is 8.77. The number of pyridine rings is 1. The van der Waals surface area contributed by atoms with E-state index in [1.807, 2.05) is 27.9 Å². The SMILES string of the molecule is CC(C)c1cc(C(=O)NCC(C)(C)N(C)C)cc(N)n1. The maximum Gasteiger partial charge on any atom is 0.251 e. The molecule has 1 heterocycles. The van der Waals surface area contributed by atoms with Crippen molar-refractivity contribution in [1.82, 2.24) is 15.2 Å². The number of carbonyl (C=O) groups excluding carboxylic acids is 1. The highest BCUT2D eigenvalue weighted by atomic mass is 16.1. The number of nitrogen functional groups attached to an aromatic ring is 1. The zero-order valence-corrected chi connectivity index (χ0v) is 13.3. The minimum absolute atomic E-state index is 0.102. The van der Waals surface area contributed by atoms with Gasteiger partial charge < -0.3 is 16.0 Å². The fourth-order valence-corrected chi connectivity index (χ4v) is 1.56. The van der Waals surface area contributed by atoms with Gasteiger partial charge in [-0.05, 0) is 46.0 Å². The first-order valence-corrected chi connectivity index (χ1v) is 6.86. The molecule has 0 atom stereocenters. The average molecular weight is 278 g/mol. The molecule has 112 valence electrons. The predicted molar refractivity (Wildman–Crippen MR) is 82.8 cm³/mol. The minimum Gasteiger partial charge on any atom is -0.384 e. The van der Waals surface area contributed by atoms with Crippen molar-refractivity contribution in [3.05, 3.63) is 23.4 Å². The maximum absolute atomic E-state index is 12.2. The van der Waals surface area contributed by atoms with E-state index in [0.29, 0.717) is 17.9 Å². The lowest BCUT2D eigenvalue weighted by Crippen LogP contribution is -2.48. The van der Waals surface area contributed by atoms with Gasteiger partial charge in [0.2, 0.25) is 0 Å². The van der Waals surface area contributed by atoms with Crippen LogP contribution >= 0.6 is 0 Å². The molecular formula is C15H26N4O. The number of likely N-dealkylation sites (N-methyl/N-ethyl adjacent to an activating group) is 1. The summed E-state index contributed by atoms with van der Waals surface area (Å²) in [6, 6.07) is 3.42. The molecule has 1 aromatic heterocycles. The molecule has 1 rings (SSSR count). The summed E-state index contributed by atoms with van der Waals surface area (Å²) in [5.74, 6) is 0.507. The number of anilines is 1. The molecule has 0 aliphatic rings. The second-order valence-electron chi connectivity index (χ2n) is 6.25. The van der Waals surface area contributed by atoms with Gasteiger partial charge in [-0.1, -0.05) is 13.8 Å². The highest BCUT2D eigenvalue weighted by Gasteiger charge is 2.21. The van der Waals surface area contributed by atoms with E-state index in [1.54, 1.807) is 12.1 Å². The van der Waals surface area contributed by atoms with Gasteiger partial charge in [0.25, 0.3) is 5.91 Å². The van der Waals surface area contributed by atoms with Crippen molar-refractivity contribution in [2.24, 2.45) is 0 Å². The Kier molecular flexibility index (Phi) is 5.11. The molecule has 0 saturated carbocycles. The summed E-state index contributed by atoms with van der Waals surface area (Å²) < 4.78 is 0. The molecule has 0 spiro atoms. The fraction of sp³-hybridized carbons (Fsp3) is 0.600. The van der Waals surface area contributed by atoms with Crippen LogP contribution in [0.3, 0.4) is 0 Å². The third-order valence-electron chi connectivity index (χ3n) is 3.61. The van der Waals surface area contributed by atoms with Crippen molar-refractivity contribution < 1.29 is 4.79 Å². The summed E-state index contributed by atoms with van der Waals surface area (Å²) in [5, 5.41) is 2.95. The van der Waals surface area contributed by atoms with Crippen molar-refractivity contribution >= 4 is 11.7 Å². The molecule has 1 amide bonds. The zero-order valence-electron chi connectivity index (χ0n) is 13.3. The first kappa shape index (κ1) is 16.4.